The Labute approximate surface area is 123 Å². The quantitative estimate of drug-likeness (QED) is 0.731. The van der Waals surface area contributed by atoms with Crippen LogP contribution in [-0.2, 0) is 9.53 Å². The first kappa shape index (κ1) is 17.0. The summed E-state index contributed by atoms with van der Waals surface area (Å²) >= 11 is 0. The van der Waals surface area contributed by atoms with E-state index in [1.165, 1.54) is 0 Å². The van der Waals surface area contributed by atoms with Gasteiger partial charge in [0, 0.05) is 38.5 Å². The monoisotopic (exact) mass is 280 g/mol. The lowest BCUT2D eigenvalue weighted by Gasteiger charge is -2.34. The van der Waals surface area contributed by atoms with Crippen molar-refractivity contribution >= 4 is 5.91 Å². The minimum absolute atomic E-state index is 0.0385. The second kappa shape index (κ2) is 8.28. The lowest BCUT2D eigenvalue weighted by molar-refractivity contribution is -0.136. The van der Waals surface area contributed by atoms with E-state index < -0.39 is 0 Å². The van der Waals surface area contributed by atoms with Crippen molar-refractivity contribution in [1.29, 1.82) is 0 Å². The van der Waals surface area contributed by atoms with Gasteiger partial charge in [-0.2, -0.15) is 0 Å². The first-order valence-corrected chi connectivity index (χ1v) is 7.47. The number of amides is 1. The molecule has 20 heavy (non-hydrogen) atoms. The van der Waals surface area contributed by atoms with Crippen LogP contribution < -0.4 is 0 Å². The highest BCUT2D eigenvalue weighted by Crippen LogP contribution is 2.08. The first-order chi connectivity index (χ1) is 9.40. The molecule has 0 saturated carbocycles. The number of rotatable bonds is 4. The van der Waals surface area contributed by atoms with Gasteiger partial charge in [0.1, 0.15) is 0 Å². The van der Waals surface area contributed by atoms with Crippen LogP contribution in [0.4, 0.5) is 0 Å². The highest BCUT2D eigenvalue weighted by molar-refractivity contribution is 5.77. The average molecular weight is 280 g/mol. The Morgan fingerprint density at radius 1 is 1.40 bits per heavy atom. The fraction of sp³-hybridized carbons (Fsp3) is 0.812. The minimum atomic E-state index is 0.0385. The Morgan fingerprint density at radius 2 is 2.10 bits per heavy atom. The normalized spacial score (nSPS) is 19.9. The van der Waals surface area contributed by atoms with Crippen molar-refractivity contribution in [3.05, 3.63) is 0 Å². The van der Waals surface area contributed by atoms with E-state index in [0.29, 0.717) is 12.5 Å². The van der Waals surface area contributed by atoms with E-state index in [1.807, 2.05) is 20.9 Å². The SMILES string of the molecule is CC(C)C#CCN1CCOC(CN(C)C(=O)C(C)C)C1. The van der Waals surface area contributed by atoms with Gasteiger partial charge >= 0.3 is 0 Å². The van der Waals surface area contributed by atoms with Crippen molar-refractivity contribution in [2.75, 3.05) is 39.8 Å². The number of hydrogen-bond acceptors (Lipinski definition) is 3. The third kappa shape index (κ3) is 5.94. The van der Waals surface area contributed by atoms with Crippen LogP contribution in [0.5, 0.6) is 0 Å². The van der Waals surface area contributed by atoms with Gasteiger partial charge in [-0.05, 0) is 0 Å². The summed E-state index contributed by atoms with van der Waals surface area (Å²) in [5.74, 6) is 7.02. The zero-order valence-electron chi connectivity index (χ0n) is 13.5. The Balaban J connectivity index is 2.41. The molecule has 0 aromatic carbocycles. The van der Waals surface area contributed by atoms with Crippen molar-refractivity contribution in [2.24, 2.45) is 11.8 Å². The molecule has 1 saturated heterocycles. The molecule has 0 aliphatic carbocycles. The summed E-state index contributed by atoms with van der Waals surface area (Å²) in [6, 6.07) is 0. The number of likely N-dealkylation sites (N-methyl/N-ethyl adjacent to an activating group) is 1. The zero-order chi connectivity index (χ0) is 15.1. The second-order valence-corrected chi connectivity index (χ2v) is 6.08. The zero-order valence-corrected chi connectivity index (χ0v) is 13.5. The molecule has 1 unspecified atom stereocenters. The number of ether oxygens (including phenoxy) is 1. The van der Waals surface area contributed by atoms with Crippen LogP contribution in [0.1, 0.15) is 27.7 Å². The number of hydrogen-bond donors (Lipinski definition) is 0. The number of carbonyl (C=O) groups excluding carboxylic acids is 1. The first-order valence-electron chi connectivity index (χ1n) is 7.47. The van der Waals surface area contributed by atoms with Crippen LogP contribution in [0.2, 0.25) is 0 Å². The average Bonchev–Trinajstić information content (AvgIpc) is 2.37. The molecule has 0 bridgehead atoms. The summed E-state index contributed by atoms with van der Waals surface area (Å²) < 4.78 is 5.75. The third-order valence-corrected chi connectivity index (χ3v) is 3.26. The largest absolute Gasteiger partial charge is 0.374 e. The molecule has 1 heterocycles. The molecule has 114 valence electrons. The van der Waals surface area contributed by atoms with E-state index >= 15 is 0 Å². The number of carbonyl (C=O) groups is 1. The topological polar surface area (TPSA) is 32.8 Å². The van der Waals surface area contributed by atoms with Crippen molar-refractivity contribution < 1.29 is 9.53 Å². The van der Waals surface area contributed by atoms with E-state index in [9.17, 15) is 4.79 Å². The predicted molar refractivity (Wildman–Crippen MR) is 81.3 cm³/mol. The van der Waals surface area contributed by atoms with Gasteiger partial charge in [-0.1, -0.05) is 39.5 Å². The van der Waals surface area contributed by atoms with E-state index in [1.54, 1.807) is 4.90 Å². The molecular weight excluding hydrogens is 252 g/mol. The van der Waals surface area contributed by atoms with Gasteiger partial charge in [0.15, 0.2) is 0 Å². The molecule has 1 rings (SSSR count). The molecule has 1 aliphatic rings. The van der Waals surface area contributed by atoms with Crippen LogP contribution in [0.25, 0.3) is 0 Å². The molecule has 4 heteroatoms. The minimum Gasteiger partial charge on any atom is -0.374 e. The molecule has 0 spiro atoms. The summed E-state index contributed by atoms with van der Waals surface area (Å²) in [5, 5.41) is 0. The van der Waals surface area contributed by atoms with E-state index in [4.69, 9.17) is 4.74 Å². The molecule has 1 atom stereocenters. The Bertz CT molecular complexity index is 368. The third-order valence-electron chi connectivity index (χ3n) is 3.26. The van der Waals surface area contributed by atoms with Crippen LogP contribution in [0.15, 0.2) is 0 Å². The van der Waals surface area contributed by atoms with E-state index in [-0.39, 0.29) is 17.9 Å². The highest BCUT2D eigenvalue weighted by atomic mass is 16.5. The summed E-state index contributed by atoms with van der Waals surface area (Å²) in [6.45, 7) is 12.0. The molecule has 1 fully saturated rings. The molecule has 0 N–H and O–H groups in total. The maximum Gasteiger partial charge on any atom is 0.224 e. The van der Waals surface area contributed by atoms with E-state index in [2.05, 4.69) is 30.6 Å². The number of morpholine rings is 1. The Hall–Kier alpha value is -1.05. The van der Waals surface area contributed by atoms with Crippen LogP contribution in [-0.4, -0.2) is 61.6 Å². The van der Waals surface area contributed by atoms with Gasteiger partial charge in [-0.3, -0.25) is 9.69 Å². The van der Waals surface area contributed by atoms with Crippen LogP contribution in [0, 0.1) is 23.7 Å². The summed E-state index contributed by atoms with van der Waals surface area (Å²) in [7, 11) is 1.85. The van der Waals surface area contributed by atoms with Gasteiger partial charge in [0.2, 0.25) is 5.91 Å². The lowest BCUT2D eigenvalue weighted by atomic mass is 10.2. The van der Waals surface area contributed by atoms with Gasteiger partial charge in [0.25, 0.3) is 0 Å². The molecule has 4 nitrogen and oxygen atoms in total. The summed E-state index contributed by atoms with van der Waals surface area (Å²) in [5.41, 5.74) is 0. The summed E-state index contributed by atoms with van der Waals surface area (Å²) in [4.78, 5) is 16.0. The predicted octanol–water partition coefficient (Wildman–Crippen LogP) is 1.46. The molecular formula is C16H28N2O2. The molecule has 1 aliphatic heterocycles. The molecule has 0 aromatic rings. The fourth-order valence-electron chi connectivity index (χ4n) is 2.23. The second-order valence-electron chi connectivity index (χ2n) is 6.08. The lowest BCUT2D eigenvalue weighted by Crippen LogP contribution is -2.48. The maximum atomic E-state index is 11.9. The number of nitrogens with zero attached hydrogens (tertiary/aromatic N) is 2. The van der Waals surface area contributed by atoms with Crippen molar-refractivity contribution in [3.63, 3.8) is 0 Å². The van der Waals surface area contributed by atoms with Gasteiger partial charge in [0.05, 0.1) is 19.3 Å². The van der Waals surface area contributed by atoms with Crippen LogP contribution >= 0.6 is 0 Å². The Kier molecular flexibility index (Phi) is 7.04. The summed E-state index contributed by atoms with van der Waals surface area (Å²) in [6.07, 6.45) is 0.0947. The van der Waals surface area contributed by atoms with Gasteiger partial charge in [-0.15, -0.1) is 0 Å². The van der Waals surface area contributed by atoms with Crippen molar-refractivity contribution in [1.82, 2.24) is 9.80 Å². The molecule has 1 amide bonds. The van der Waals surface area contributed by atoms with Crippen LogP contribution in [0.3, 0.4) is 0 Å². The van der Waals surface area contributed by atoms with Crippen molar-refractivity contribution in [2.45, 2.75) is 33.8 Å². The van der Waals surface area contributed by atoms with E-state index in [0.717, 1.165) is 26.2 Å². The fourth-order valence-corrected chi connectivity index (χ4v) is 2.23. The molecule has 0 radical (unpaired) electrons. The maximum absolute atomic E-state index is 11.9. The molecule has 0 aromatic heterocycles. The van der Waals surface area contributed by atoms with Gasteiger partial charge < -0.3 is 9.64 Å². The Morgan fingerprint density at radius 3 is 2.70 bits per heavy atom. The smallest absolute Gasteiger partial charge is 0.224 e. The van der Waals surface area contributed by atoms with Gasteiger partial charge in [-0.25, -0.2) is 0 Å². The van der Waals surface area contributed by atoms with Crippen molar-refractivity contribution in [3.8, 4) is 11.8 Å². The highest BCUT2D eigenvalue weighted by Gasteiger charge is 2.23. The standard InChI is InChI=1S/C16H28N2O2/c1-13(2)7-6-8-18-9-10-20-15(12-18)11-17(5)16(19)14(3)4/h13-15H,8-12H2,1-5H3.